The predicted molar refractivity (Wildman–Crippen MR) is 142 cm³/mol. The van der Waals surface area contributed by atoms with Gasteiger partial charge < -0.3 is 14.2 Å². The van der Waals surface area contributed by atoms with Crippen molar-refractivity contribution in [1.82, 2.24) is 24.6 Å². The highest BCUT2D eigenvalue weighted by atomic mass is 19.1. The van der Waals surface area contributed by atoms with Crippen molar-refractivity contribution in [2.45, 2.75) is 26.6 Å². The van der Waals surface area contributed by atoms with Gasteiger partial charge in [0.2, 0.25) is 0 Å². The zero-order valence-electron chi connectivity index (χ0n) is 21.3. The van der Waals surface area contributed by atoms with Crippen molar-refractivity contribution < 1.29 is 13.7 Å². The van der Waals surface area contributed by atoms with Crippen LogP contribution in [0.5, 0.6) is 5.75 Å². The van der Waals surface area contributed by atoms with Crippen molar-refractivity contribution in [2.24, 2.45) is 0 Å². The molecule has 8 nitrogen and oxygen atoms in total. The van der Waals surface area contributed by atoms with Gasteiger partial charge in [-0.25, -0.2) is 14.2 Å². The summed E-state index contributed by atoms with van der Waals surface area (Å²) in [6.45, 7) is 3.46. The Morgan fingerprint density at radius 1 is 1.11 bits per heavy atom. The minimum Gasteiger partial charge on any atom is -0.488 e. The van der Waals surface area contributed by atoms with Gasteiger partial charge in [0.25, 0.3) is 0 Å². The molecule has 0 unspecified atom stereocenters. The lowest BCUT2D eigenvalue weighted by Crippen LogP contribution is -2.16. The van der Waals surface area contributed by atoms with E-state index in [9.17, 15) is 9.18 Å². The molecule has 0 saturated carbocycles. The smallest absolute Gasteiger partial charge is 0.439 e. The molecule has 1 N–H and O–H groups in total. The van der Waals surface area contributed by atoms with Crippen LogP contribution < -0.4 is 10.5 Å². The molecule has 6 rings (SSSR count). The molecule has 0 amide bonds. The van der Waals surface area contributed by atoms with E-state index in [0.717, 1.165) is 39.1 Å². The van der Waals surface area contributed by atoms with E-state index in [1.807, 2.05) is 45.3 Å². The Bertz CT molecular complexity index is 1760. The maximum absolute atomic E-state index is 14.2. The molecule has 0 radical (unpaired) electrons. The molecule has 0 bridgehead atoms. The summed E-state index contributed by atoms with van der Waals surface area (Å²) in [4.78, 5) is 21.3. The molecule has 9 heteroatoms. The molecule has 1 aliphatic rings. The molecule has 192 valence electrons. The third-order valence-electron chi connectivity index (χ3n) is 6.74. The van der Waals surface area contributed by atoms with Crippen LogP contribution in [0.1, 0.15) is 40.8 Å². The quantitative estimate of drug-likeness (QED) is 0.364. The van der Waals surface area contributed by atoms with Crippen molar-refractivity contribution >= 4 is 22.2 Å². The van der Waals surface area contributed by atoms with Crippen LogP contribution in [-0.2, 0) is 19.7 Å². The summed E-state index contributed by atoms with van der Waals surface area (Å²) in [5.41, 5.74) is 7.18. The summed E-state index contributed by atoms with van der Waals surface area (Å²) in [6, 6.07) is 18.9. The number of aromatic nitrogens is 4. The van der Waals surface area contributed by atoms with Gasteiger partial charge in [-0.05, 0) is 73.6 Å². The van der Waals surface area contributed by atoms with E-state index in [1.54, 1.807) is 6.07 Å². The Hall–Kier alpha value is -4.50. The highest BCUT2D eigenvalue weighted by Gasteiger charge is 2.24. The topological polar surface area (TPSA) is 89.2 Å². The molecule has 3 aromatic carbocycles. The Morgan fingerprint density at radius 2 is 1.92 bits per heavy atom. The minimum absolute atomic E-state index is 0.265. The first-order valence-electron chi connectivity index (χ1n) is 12.3. The second-order valence-electron chi connectivity index (χ2n) is 9.70. The predicted octanol–water partition coefficient (Wildman–Crippen LogP) is 4.83. The molecule has 0 saturated heterocycles. The summed E-state index contributed by atoms with van der Waals surface area (Å²) in [6.07, 6.45) is 0. The van der Waals surface area contributed by atoms with Crippen molar-refractivity contribution in [3.05, 3.63) is 111 Å². The van der Waals surface area contributed by atoms with Crippen LogP contribution in [0.3, 0.4) is 0 Å². The summed E-state index contributed by atoms with van der Waals surface area (Å²) in [5, 5.41) is 3.88. The van der Waals surface area contributed by atoms with Gasteiger partial charge >= 0.3 is 5.76 Å². The fourth-order valence-electron chi connectivity index (χ4n) is 5.03. The Balaban J connectivity index is 1.47. The number of ether oxygens (including phenoxy) is 1. The van der Waals surface area contributed by atoms with E-state index in [-0.39, 0.29) is 12.4 Å². The van der Waals surface area contributed by atoms with Crippen LogP contribution in [0.2, 0.25) is 0 Å². The normalized spacial score (nSPS) is 14.2. The average Bonchev–Trinajstić information content (AvgIpc) is 3.43. The van der Waals surface area contributed by atoms with Crippen LogP contribution in [-0.4, -0.2) is 38.7 Å². The first-order chi connectivity index (χ1) is 18.4. The highest BCUT2D eigenvalue weighted by Crippen LogP contribution is 2.41. The van der Waals surface area contributed by atoms with E-state index in [4.69, 9.17) is 14.2 Å². The summed E-state index contributed by atoms with van der Waals surface area (Å²) in [7, 11) is 4.06. The fraction of sp³-hybridized carbons (Fsp3) is 0.207. The van der Waals surface area contributed by atoms with Crippen molar-refractivity contribution in [3.63, 3.8) is 0 Å². The number of H-pyrrole nitrogens is 1. The van der Waals surface area contributed by atoms with Crippen molar-refractivity contribution in [1.29, 1.82) is 0 Å². The largest absolute Gasteiger partial charge is 0.488 e. The summed E-state index contributed by atoms with van der Waals surface area (Å²) in [5.74, 6) is 0.701. The molecule has 2 aromatic heterocycles. The number of imidazole rings is 1. The lowest BCUT2D eigenvalue weighted by atomic mass is 9.89. The third-order valence-corrected chi connectivity index (χ3v) is 6.74. The Kier molecular flexibility index (Phi) is 5.92. The SMILES string of the molecule is C/C(=C1\c2ccc(Cn3c(CN(C)C)nc4ccccc43)cc2COc2cc(F)ccc21)c1noc(=O)[nH]1. The molecular weight excluding hydrogens is 485 g/mol. The Labute approximate surface area is 218 Å². The van der Waals surface area contributed by atoms with Crippen LogP contribution in [0.15, 0.2) is 70.0 Å². The molecule has 5 aromatic rings. The number of hydrogen-bond donors (Lipinski definition) is 1. The van der Waals surface area contributed by atoms with E-state index >= 15 is 0 Å². The fourth-order valence-corrected chi connectivity index (χ4v) is 5.03. The van der Waals surface area contributed by atoms with Crippen LogP contribution >= 0.6 is 0 Å². The van der Waals surface area contributed by atoms with Gasteiger partial charge in [0.1, 0.15) is 24.0 Å². The maximum atomic E-state index is 14.2. The van der Waals surface area contributed by atoms with Gasteiger partial charge in [0.15, 0.2) is 5.82 Å². The van der Waals surface area contributed by atoms with Crippen LogP contribution in [0, 0.1) is 5.82 Å². The van der Waals surface area contributed by atoms with Crippen LogP contribution in [0.25, 0.3) is 22.2 Å². The molecule has 0 aliphatic carbocycles. The molecule has 0 spiro atoms. The minimum atomic E-state index is -0.638. The lowest BCUT2D eigenvalue weighted by molar-refractivity contribution is 0.305. The van der Waals surface area contributed by atoms with Gasteiger partial charge in [-0.15, -0.1) is 0 Å². The average molecular weight is 512 g/mol. The van der Waals surface area contributed by atoms with E-state index in [2.05, 4.69) is 37.8 Å². The maximum Gasteiger partial charge on any atom is 0.439 e. The third kappa shape index (κ3) is 4.31. The number of rotatable bonds is 5. The second-order valence-corrected chi connectivity index (χ2v) is 9.70. The molecular formula is C29H26FN5O3. The first-order valence-corrected chi connectivity index (χ1v) is 12.3. The zero-order chi connectivity index (χ0) is 26.4. The van der Waals surface area contributed by atoms with Crippen LogP contribution in [0.4, 0.5) is 4.39 Å². The zero-order valence-corrected chi connectivity index (χ0v) is 21.3. The van der Waals surface area contributed by atoms with Gasteiger partial charge in [0.05, 0.1) is 17.6 Å². The van der Waals surface area contributed by atoms with Gasteiger partial charge in [0, 0.05) is 23.7 Å². The molecule has 0 fully saturated rings. The van der Waals surface area contributed by atoms with Gasteiger partial charge in [-0.2, -0.15) is 0 Å². The van der Waals surface area contributed by atoms with Crippen molar-refractivity contribution in [3.8, 4) is 5.75 Å². The number of allylic oxidation sites excluding steroid dienone is 1. The number of fused-ring (bicyclic) bond motifs is 3. The number of aromatic amines is 1. The second kappa shape index (κ2) is 9.42. The first kappa shape index (κ1) is 23.9. The number of hydrogen-bond acceptors (Lipinski definition) is 6. The Morgan fingerprint density at radius 3 is 2.71 bits per heavy atom. The van der Waals surface area contributed by atoms with E-state index in [1.165, 1.54) is 12.1 Å². The molecule has 38 heavy (non-hydrogen) atoms. The molecule has 0 atom stereocenters. The molecule has 1 aliphatic heterocycles. The molecule has 3 heterocycles. The van der Waals surface area contributed by atoms with Gasteiger partial charge in [-0.3, -0.25) is 9.51 Å². The van der Waals surface area contributed by atoms with E-state index in [0.29, 0.717) is 35.8 Å². The summed E-state index contributed by atoms with van der Waals surface area (Å²) < 4.78 is 27.3. The van der Waals surface area contributed by atoms with Gasteiger partial charge in [-0.1, -0.05) is 29.4 Å². The monoisotopic (exact) mass is 511 g/mol. The number of nitrogens with one attached hydrogen (secondary N) is 1. The summed E-state index contributed by atoms with van der Waals surface area (Å²) >= 11 is 0. The number of benzene rings is 3. The van der Waals surface area contributed by atoms with E-state index < -0.39 is 5.76 Å². The lowest BCUT2D eigenvalue weighted by Gasteiger charge is -2.16. The standard InChI is InChI=1S/C29H26FN5O3/c1-17(28-32-29(36)38-33-28)27-21-10-8-18(12-19(21)16-37-25-13-20(30)9-11-22(25)27)14-35-24-7-5-4-6-23(24)31-26(35)15-34(2)3/h4-13H,14-16H2,1-3H3,(H,32,33,36)/b27-17-. The number of nitrogens with zero attached hydrogens (tertiary/aromatic N) is 4. The number of para-hydroxylation sites is 2. The van der Waals surface area contributed by atoms with Crippen molar-refractivity contribution in [2.75, 3.05) is 14.1 Å². The highest BCUT2D eigenvalue weighted by molar-refractivity contribution is 5.99. The number of halogens is 1.